The SMILES string of the molecule is O=C(Nc1cccc(OC(F)F)c1)N1CCN(c2ccc(N3CCCC3)nn2)CC1. The van der Waals surface area contributed by atoms with Crippen LogP contribution in [-0.4, -0.2) is 67.0 Å². The lowest BCUT2D eigenvalue weighted by Crippen LogP contribution is -2.50. The van der Waals surface area contributed by atoms with Crippen molar-refractivity contribution in [2.24, 2.45) is 0 Å². The Balaban J connectivity index is 1.29. The quantitative estimate of drug-likeness (QED) is 0.805. The van der Waals surface area contributed by atoms with Crippen molar-refractivity contribution in [2.45, 2.75) is 19.5 Å². The Hall–Kier alpha value is -3.17. The number of hydrogen-bond donors (Lipinski definition) is 1. The first kappa shape index (κ1) is 20.1. The van der Waals surface area contributed by atoms with E-state index in [1.807, 2.05) is 12.1 Å². The van der Waals surface area contributed by atoms with Crippen LogP contribution in [0, 0.1) is 0 Å². The first-order valence-corrected chi connectivity index (χ1v) is 10.0. The first-order chi connectivity index (χ1) is 14.6. The van der Waals surface area contributed by atoms with E-state index in [1.165, 1.54) is 25.0 Å². The molecule has 2 aromatic rings. The fourth-order valence-corrected chi connectivity index (χ4v) is 3.69. The summed E-state index contributed by atoms with van der Waals surface area (Å²) in [5.74, 6) is 1.71. The number of hydrogen-bond acceptors (Lipinski definition) is 6. The van der Waals surface area contributed by atoms with Crippen LogP contribution in [0.3, 0.4) is 0 Å². The lowest BCUT2D eigenvalue weighted by atomic mass is 10.3. The highest BCUT2D eigenvalue weighted by Gasteiger charge is 2.23. The number of amides is 2. The number of benzene rings is 1. The van der Waals surface area contributed by atoms with Gasteiger partial charge in [0.15, 0.2) is 11.6 Å². The van der Waals surface area contributed by atoms with Gasteiger partial charge in [-0.25, -0.2) is 4.79 Å². The Morgan fingerprint density at radius 2 is 1.57 bits per heavy atom. The van der Waals surface area contributed by atoms with E-state index in [-0.39, 0.29) is 11.8 Å². The molecule has 3 heterocycles. The molecule has 8 nitrogen and oxygen atoms in total. The maximum Gasteiger partial charge on any atom is 0.387 e. The van der Waals surface area contributed by atoms with Crippen molar-refractivity contribution in [2.75, 3.05) is 54.4 Å². The monoisotopic (exact) mass is 418 g/mol. The Kier molecular flexibility index (Phi) is 6.10. The summed E-state index contributed by atoms with van der Waals surface area (Å²) in [5, 5.41) is 11.4. The van der Waals surface area contributed by atoms with Crippen LogP contribution in [0.4, 0.5) is 30.9 Å². The third kappa shape index (κ3) is 4.87. The van der Waals surface area contributed by atoms with Crippen molar-refractivity contribution in [1.82, 2.24) is 15.1 Å². The van der Waals surface area contributed by atoms with E-state index in [2.05, 4.69) is 30.1 Å². The molecule has 0 bridgehead atoms. The van der Waals surface area contributed by atoms with Crippen molar-refractivity contribution in [3.8, 4) is 5.75 Å². The third-order valence-electron chi connectivity index (χ3n) is 5.27. The summed E-state index contributed by atoms with van der Waals surface area (Å²) in [6.45, 7) is 1.47. The van der Waals surface area contributed by atoms with Gasteiger partial charge in [-0.1, -0.05) is 6.07 Å². The highest BCUT2D eigenvalue weighted by molar-refractivity contribution is 5.89. The number of halogens is 2. The zero-order valence-corrected chi connectivity index (χ0v) is 16.5. The Bertz CT molecular complexity index is 853. The molecule has 4 rings (SSSR count). The molecule has 1 N–H and O–H groups in total. The number of ether oxygens (including phenoxy) is 1. The normalized spacial score (nSPS) is 16.8. The van der Waals surface area contributed by atoms with Gasteiger partial charge in [0.05, 0.1) is 0 Å². The van der Waals surface area contributed by atoms with Gasteiger partial charge in [0.25, 0.3) is 0 Å². The van der Waals surface area contributed by atoms with Crippen LogP contribution in [-0.2, 0) is 0 Å². The van der Waals surface area contributed by atoms with Crippen LogP contribution in [0.5, 0.6) is 5.75 Å². The molecule has 160 valence electrons. The van der Waals surface area contributed by atoms with Crippen LogP contribution >= 0.6 is 0 Å². The fourth-order valence-electron chi connectivity index (χ4n) is 3.69. The van der Waals surface area contributed by atoms with Crippen LogP contribution in [0.25, 0.3) is 0 Å². The average molecular weight is 418 g/mol. The summed E-state index contributed by atoms with van der Waals surface area (Å²) >= 11 is 0. The summed E-state index contributed by atoms with van der Waals surface area (Å²) in [7, 11) is 0. The second-order valence-electron chi connectivity index (χ2n) is 7.25. The van der Waals surface area contributed by atoms with Crippen LogP contribution < -0.4 is 19.9 Å². The summed E-state index contributed by atoms with van der Waals surface area (Å²) < 4.78 is 29.1. The van der Waals surface area contributed by atoms with Crippen molar-refractivity contribution in [3.05, 3.63) is 36.4 Å². The average Bonchev–Trinajstić information content (AvgIpc) is 3.29. The smallest absolute Gasteiger partial charge is 0.387 e. The number of rotatable bonds is 5. The first-order valence-electron chi connectivity index (χ1n) is 10.0. The lowest BCUT2D eigenvalue weighted by molar-refractivity contribution is -0.0497. The minimum absolute atomic E-state index is 0.00331. The molecule has 2 aliphatic rings. The summed E-state index contributed by atoms with van der Waals surface area (Å²) in [4.78, 5) is 18.5. The Morgan fingerprint density at radius 3 is 2.17 bits per heavy atom. The van der Waals surface area contributed by atoms with Gasteiger partial charge >= 0.3 is 12.6 Å². The molecule has 2 aliphatic heterocycles. The number of nitrogens with zero attached hydrogens (tertiary/aromatic N) is 5. The summed E-state index contributed by atoms with van der Waals surface area (Å²) in [6.07, 6.45) is 2.38. The van der Waals surface area contributed by atoms with Crippen LogP contribution in [0.2, 0.25) is 0 Å². The second kappa shape index (κ2) is 9.10. The van der Waals surface area contributed by atoms with E-state index in [4.69, 9.17) is 0 Å². The second-order valence-corrected chi connectivity index (χ2v) is 7.25. The molecular formula is C20H24F2N6O2. The minimum Gasteiger partial charge on any atom is -0.435 e. The number of piperazine rings is 1. The number of urea groups is 1. The zero-order chi connectivity index (χ0) is 20.9. The van der Waals surface area contributed by atoms with E-state index < -0.39 is 6.61 Å². The molecule has 0 radical (unpaired) electrons. The van der Waals surface area contributed by atoms with E-state index in [0.29, 0.717) is 31.9 Å². The highest BCUT2D eigenvalue weighted by Crippen LogP contribution is 2.21. The molecular weight excluding hydrogens is 394 g/mol. The van der Waals surface area contributed by atoms with Crippen LogP contribution in [0.15, 0.2) is 36.4 Å². The number of aromatic nitrogens is 2. The largest absolute Gasteiger partial charge is 0.435 e. The molecule has 0 atom stereocenters. The molecule has 0 aliphatic carbocycles. The molecule has 10 heteroatoms. The molecule has 2 saturated heterocycles. The van der Waals surface area contributed by atoms with Crippen molar-refractivity contribution >= 4 is 23.4 Å². The molecule has 2 fully saturated rings. The maximum atomic E-state index is 12.5. The van der Waals surface area contributed by atoms with E-state index in [1.54, 1.807) is 17.0 Å². The minimum atomic E-state index is -2.91. The standard InChI is InChI=1S/C20H24F2N6O2/c21-19(22)30-16-5-3-4-15(14-16)23-20(29)28-12-10-27(11-13-28)18-7-6-17(24-25-18)26-8-1-2-9-26/h3-7,14,19H,1-2,8-13H2,(H,23,29). The highest BCUT2D eigenvalue weighted by atomic mass is 19.3. The maximum absolute atomic E-state index is 12.5. The summed E-state index contributed by atoms with van der Waals surface area (Å²) in [5.41, 5.74) is 0.406. The fraction of sp³-hybridized carbons (Fsp3) is 0.450. The lowest BCUT2D eigenvalue weighted by Gasteiger charge is -2.35. The van der Waals surface area contributed by atoms with E-state index in [9.17, 15) is 13.6 Å². The Morgan fingerprint density at radius 1 is 0.933 bits per heavy atom. The van der Waals surface area contributed by atoms with Crippen molar-refractivity contribution in [3.63, 3.8) is 0 Å². The number of carbonyl (C=O) groups is 1. The molecule has 0 saturated carbocycles. The van der Waals surface area contributed by atoms with Gasteiger partial charge in [-0.05, 0) is 37.1 Å². The molecule has 1 aromatic carbocycles. The van der Waals surface area contributed by atoms with Crippen LogP contribution in [0.1, 0.15) is 12.8 Å². The molecule has 0 unspecified atom stereocenters. The van der Waals surface area contributed by atoms with E-state index >= 15 is 0 Å². The zero-order valence-electron chi connectivity index (χ0n) is 16.5. The molecule has 30 heavy (non-hydrogen) atoms. The van der Waals surface area contributed by atoms with E-state index in [0.717, 1.165) is 24.7 Å². The number of carbonyl (C=O) groups excluding carboxylic acids is 1. The van der Waals surface area contributed by atoms with Crippen molar-refractivity contribution < 1.29 is 18.3 Å². The van der Waals surface area contributed by atoms with Gasteiger partial charge in [-0.15, -0.1) is 10.2 Å². The van der Waals surface area contributed by atoms with Gasteiger partial charge in [0.1, 0.15) is 5.75 Å². The number of anilines is 3. The third-order valence-corrected chi connectivity index (χ3v) is 5.27. The Labute approximate surface area is 173 Å². The van der Waals surface area contributed by atoms with Gasteiger partial charge in [-0.3, -0.25) is 0 Å². The molecule has 1 aromatic heterocycles. The van der Waals surface area contributed by atoms with Gasteiger partial charge in [-0.2, -0.15) is 8.78 Å². The van der Waals surface area contributed by atoms with Gasteiger partial charge < -0.3 is 24.8 Å². The summed E-state index contributed by atoms with van der Waals surface area (Å²) in [6, 6.07) is 9.67. The molecule has 2 amide bonds. The van der Waals surface area contributed by atoms with Crippen molar-refractivity contribution in [1.29, 1.82) is 0 Å². The number of alkyl halides is 2. The molecule has 0 spiro atoms. The van der Waals surface area contributed by atoms with Gasteiger partial charge in [0, 0.05) is 51.0 Å². The predicted octanol–water partition coefficient (Wildman–Crippen LogP) is 3.03. The predicted molar refractivity (Wildman–Crippen MR) is 109 cm³/mol. The number of nitrogens with one attached hydrogen (secondary N) is 1. The topological polar surface area (TPSA) is 73.8 Å². The van der Waals surface area contributed by atoms with Gasteiger partial charge in [0.2, 0.25) is 0 Å².